The summed E-state index contributed by atoms with van der Waals surface area (Å²) in [5.74, 6) is -0.238. The molecular weight excluding hydrogens is 430 g/mol. The highest BCUT2D eigenvalue weighted by Crippen LogP contribution is 2.26. The largest absolute Gasteiger partial charge is 0.450 e. The summed E-state index contributed by atoms with van der Waals surface area (Å²) in [6.45, 7) is 3.55. The van der Waals surface area contributed by atoms with Gasteiger partial charge in [0.15, 0.2) is 0 Å². The Balaban J connectivity index is 1.67. The van der Waals surface area contributed by atoms with Crippen molar-refractivity contribution in [1.29, 1.82) is 0 Å². The average molecular weight is 452 g/mol. The Morgan fingerprint density at radius 2 is 1.67 bits per heavy atom. The number of anilines is 1. The Labute approximate surface area is 180 Å². The fraction of sp³-hybridized carbons (Fsp3) is 0.300. The van der Waals surface area contributed by atoms with Crippen LogP contribution >= 0.6 is 11.6 Å². The van der Waals surface area contributed by atoms with E-state index < -0.39 is 10.0 Å². The number of halogens is 1. The van der Waals surface area contributed by atoms with Gasteiger partial charge < -0.3 is 14.5 Å². The zero-order valence-electron chi connectivity index (χ0n) is 16.4. The first-order valence-corrected chi connectivity index (χ1v) is 11.3. The SMILES string of the molecule is CCOC(=O)N1CCN(C(=O)c2ccc(NS(=O)(=O)c3ccccc3)c(Cl)c2)CC1. The standard InChI is InChI=1S/C20H22ClN3O5S/c1-2-29-20(26)24-12-10-23(11-13-24)19(25)15-8-9-18(17(21)14-15)22-30(27,28)16-6-4-3-5-7-16/h3-9,14,22H,2,10-13H2,1H3. The van der Waals surface area contributed by atoms with Crippen molar-refractivity contribution in [1.82, 2.24) is 9.80 Å². The van der Waals surface area contributed by atoms with E-state index in [1.165, 1.54) is 30.3 Å². The molecule has 1 saturated heterocycles. The lowest BCUT2D eigenvalue weighted by atomic mass is 10.1. The second kappa shape index (κ2) is 9.36. The molecule has 1 aliphatic heterocycles. The predicted octanol–water partition coefficient (Wildman–Crippen LogP) is 3.06. The minimum absolute atomic E-state index is 0.112. The van der Waals surface area contributed by atoms with Crippen molar-refractivity contribution in [2.75, 3.05) is 37.5 Å². The van der Waals surface area contributed by atoms with Gasteiger partial charge in [0.2, 0.25) is 0 Å². The summed E-state index contributed by atoms with van der Waals surface area (Å²) in [5, 5.41) is 0.116. The second-order valence-corrected chi connectivity index (χ2v) is 8.68. The van der Waals surface area contributed by atoms with Crippen LogP contribution in [0.2, 0.25) is 5.02 Å². The summed E-state index contributed by atoms with van der Waals surface area (Å²) >= 11 is 6.24. The van der Waals surface area contributed by atoms with E-state index in [2.05, 4.69) is 4.72 Å². The van der Waals surface area contributed by atoms with Crippen LogP contribution in [0.3, 0.4) is 0 Å². The molecule has 0 unspecified atom stereocenters. The lowest BCUT2D eigenvalue weighted by molar-refractivity contribution is 0.0570. The third-order valence-electron chi connectivity index (χ3n) is 4.61. The number of sulfonamides is 1. The molecule has 2 aromatic carbocycles. The molecule has 1 heterocycles. The van der Waals surface area contributed by atoms with Gasteiger partial charge in [-0.2, -0.15) is 0 Å². The van der Waals surface area contributed by atoms with Gasteiger partial charge in [0.1, 0.15) is 0 Å². The zero-order valence-corrected chi connectivity index (χ0v) is 17.9. The number of rotatable bonds is 5. The van der Waals surface area contributed by atoms with Gasteiger partial charge in [0.05, 0.1) is 22.2 Å². The molecule has 10 heteroatoms. The molecule has 0 aromatic heterocycles. The quantitative estimate of drug-likeness (QED) is 0.753. The van der Waals surface area contributed by atoms with Crippen LogP contribution in [0.1, 0.15) is 17.3 Å². The number of benzene rings is 2. The molecule has 0 aliphatic carbocycles. The molecule has 1 fully saturated rings. The molecule has 2 aromatic rings. The number of hydrogen-bond donors (Lipinski definition) is 1. The number of amides is 2. The molecule has 160 valence electrons. The number of carbonyl (C=O) groups excluding carboxylic acids is 2. The summed E-state index contributed by atoms with van der Waals surface area (Å²) in [7, 11) is -3.79. The summed E-state index contributed by atoms with van der Waals surface area (Å²) in [6, 6.07) is 12.3. The summed E-state index contributed by atoms with van der Waals surface area (Å²) in [4.78, 5) is 27.8. The lowest BCUT2D eigenvalue weighted by Crippen LogP contribution is -2.50. The van der Waals surface area contributed by atoms with Gasteiger partial charge in [-0.3, -0.25) is 9.52 Å². The third kappa shape index (κ3) is 5.03. The van der Waals surface area contributed by atoms with Crippen LogP contribution in [0.25, 0.3) is 0 Å². The average Bonchev–Trinajstić information content (AvgIpc) is 2.75. The van der Waals surface area contributed by atoms with Crippen molar-refractivity contribution in [3.05, 3.63) is 59.1 Å². The Kier molecular flexibility index (Phi) is 6.84. The molecule has 0 spiro atoms. The van der Waals surface area contributed by atoms with Gasteiger partial charge in [-0.25, -0.2) is 13.2 Å². The minimum Gasteiger partial charge on any atom is -0.450 e. The van der Waals surface area contributed by atoms with Gasteiger partial charge in [-0.05, 0) is 37.3 Å². The van der Waals surface area contributed by atoms with Crippen LogP contribution in [0, 0.1) is 0 Å². The molecule has 1 N–H and O–H groups in total. The molecule has 1 aliphatic rings. The summed E-state index contributed by atoms with van der Waals surface area (Å²) in [6.07, 6.45) is -0.386. The number of piperazine rings is 1. The van der Waals surface area contributed by atoms with Crippen LogP contribution in [0.15, 0.2) is 53.4 Å². The topological polar surface area (TPSA) is 96.0 Å². The molecular formula is C20H22ClN3O5S. The molecule has 0 radical (unpaired) electrons. The first kappa shape index (κ1) is 21.9. The van der Waals surface area contributed by atoms with Crippen molar-refractivity contribution in [3.8, 4) is 0 Å². The van der Waals surface area contributed by atoms with Crippen LogP contribution in [0.4, 0.5) is 10.5 Å². The summed E-state index contributed by atoms with van der Waals surface area (Å²) < 4.78 is 32.3. The maximum atomic E-state index is 12.8. The van der Waals surface area contributed by atoms with E-state index in [4.69, 9.17) is 16.3 Å². The molecule has 0 saturated carbocycles. The van der Waals surface area contributed by atoms with Crippen molar-refractivity contribution < 1.29 is 22.7 Å². The number of ether oxygens (including phenoxy) is 1. The van der Waals surface area contributed by atoms with Gasteiger partial charge in [-0.15, -0.1) is 0 Å². The van der Waals surface area contributed by atoms with Gasteiger partial charge in [0, 0.05) is 31.7 Å². The highest BCUT2D eigenvalue weighted by molar-refractivity contribution is 7.92. The molecule has 8 nitrogen and oxygen atoms in total. The minimum atomic E-state index is -3.79. The number of carbonyl (C=O) groups is 2. The number of hydrogen-bond acceptors (Lipinski definition) is 5. The van der Waals surface area contributed by atoms with E-state index in [1.807, 2.05) is 0 Å². The highest BCUT2D eigenvalue weighted by atomic mass is 35.5. The first-order valence-electron chi connectivity index (χ1n) is 9.40. The van der Waals surface area contributed by atoms with Crippen LogP contribution in [0.5, 0.6) is 0 Å². The maximum Gasteiger partial charge on any atom is 0.409 e. The number of nitrogens with zero attached hydrogens (tertiary/aromatic N) is 2. The normalized spacial score (nSPS) is 14.3. The third-order valence-corrected chi connectivity index (χ3v) is 6.30. The Morgan fingerprint density at radius 3 is 2.27 bits per heavy atom. The maximum absolute atomic E-state index is 12.8. The fourth-order valence-electron chi connectivity index (χ4n) is 3.02. The second-order valence-electron chi connectivity index (χ2n) is 6.59. The van der Waals surface area contributed by atoms with E-state index in [-0.39, 0.29) is 27.6 Å². The zero-order chi connectivity index (χ0) is 21.7. The Morgan fingerprint density at radius 1 is 1.03 bits per heavy atom. The van der Waals surface area contributed by atoms with Gasteiger partial charge >= 0.3 is 6.09 Å². The smallest absolute Gasteiger partial charge is 0.409 e. The van der Waals surface area contributed by atoms with Crippen molar-refractivity contribution >= 4 is 39.3 Å². The van der Waals surface area contributed by atoms with Crippen molar-refractivity contribution in [2.24, 2.45) is 0 Å². The lowest BCUT2D eigenvalue weighted by Gasteiger charge is -2.34. The van der Waals surface area contributed by atoms with Gasteiger partial charge in [0.25, 0.3) is 15.9 Å². The fourth-order valence-corrected chi connectivity index (χ4v) is 4.41. The van der Waals surface area contributed by atoms with Crippen LogP contribution in [-0.2, 0) is 14.8 Å². The molecule has 2 amide bonds. The van der Waals surface area contributed by atoms with Crippen molar-refractivity contribution in [2.45, 2.75) is 11.8 Å². The predicted molar refractivity (Wildman–Crippen MR) is 113 cm³/mol. The Hall–Kier alpha value is -2.78. The van der Waals surface area contributed by atoms with E-state index in [1.54, 1.807) is 34.9 Å². The van der Waals surface area contributed by atoms with Crippen LogP contribution < -0.4 is 4.72 Å². The molecule has 0 bridgehead atoms. The molecule has 3 rings (SSSR count). The summed E-state index contributed by atoms with van der Waals surface area (Å²) in [5.41, 5.74) is 0.524. The Bertz CT molecular complexity index is 1020. The van der Waals surface area contributed by atoms with Crippen molar-refractivity contribution in [3.63, 3.8) is 0 Å². The van der Waals surface area contributed by atoms with E-state index in [0.29, 0.717) is 38.3 Å². The van der Waals surface area contributed by atoms with E-state index in [9.17, 15) is 18.0 Å². The van der Waals surface area contributed by atoms with Gasteiger partial charge in [-0.1, -0.05) is 29.8 Å². The highest BCUT2D eigenvalue weighted by Gasteiger charge is 2.26. The van der Waals surface area contributed by atoms with E-state index >= 15 is 0 Å². The number of nitrogens with one attached hydrogen (secondary N) is 1. The molecule has 30 heavy (non-hydrogen) atoms. The van der Waals surface area contributed by atoms with Crippen LogP contribution in [-0.4, -0.2) is 63.0 Å². The monoisotopic (exact) mass is 451 g/mol. The first-order chi connectivity index (χ1) is 14.3. The molecule has 0 atom stereocenters. The van der Waals surface area contributed by atoms with E-state index in [0.717, 1.165) is 0 Å².